The van der Waals surface area contributed by atoms with Gasteiger partial charge in [-0.15, -0.1) is 0 Å². The van der Waals surface area contributed by atoms with E-state index in [2.05, 4.69) is 46.4 Å². The van der Waals surface area contributed by atoms with Gasteiger partial charge in [0, 0.05) is 37.9 Å². The van der Waals surface area contributed by atoms with Gasteiger partial charge in [-0.3, -0.25) is 4.79 Å². The Balaban J connectivity index is 1.39. The molecule has 2 fully saturated rings. The largest absolute Gasteiger partial charge is 0.368 e. The minimum Gasteiger partial charge on any atom is -0.368 e. The van der Waals surface area contributed by atoms with Crippen LogP contribution in [-0.2, 0) is 0 Å². The second-order valence-electron chi connectivity index (χ2n) is 6.94. The molecule has 1 aliphatic carbocycles. The monoisotopic (exact) mass is 336 g/mol. The molecule has 2 aromatic rings. The third-order valence-electron chi connectivity index (χ3n) is 4.83. The number of amides is 1. The van der Waals surface area contributed by atoms with Crippen LogP contribution in [0.4, 0.5) is 11.5 Å². The van der Waals surface area contributed by atoms with Gasteiger partial charge in [0.25, 0.3) is 5.91 Å². The van der Waals surface area contributed by atoms with Crippen LogP contribution in [0.1, 0.15) is 28.9 Å². The van der Waals surface area contributed by atoms with Gasteiger partial charge < -0.3 is 15.1 Å². The summed E-state index contributed by atoms with van der Waals surface area (Å²) < 4.78 is 0. The fourth-order valence-electron chi connectivity index (χ4n) is 3.23. The van der Waals surface area contributed by atoms with Gasteiger partial charge in [0.1, 0.15) is 11.5 Å². The number of aromatic nitrogens is 1. The molecule has 1 N–H and O–H groups in total. The summed E-state index contributed by atoms with van der Waals surface area (Å²) in [6.45, 7) is 5.28. The summed E-state index contributed by atoms with van der Waals surface area (Å²) in [5.41, 5.74) is 3.04. The lowest BCUT2D eigenvalue weighted by Gasteiger charge is -2.36. The van der Waals surface area contributed by atoms with Crippen molar-refractivity contribution in [2.45, 2.75) is 25.8 Å². The van der Waals surface area contributed by atoms with E-state index in [1.165, 1.54) is 24.1 Å². The Hall–Kier alpha value is -2.56. The molecule has 1 amide bonds. The number of hydrogen-bond acceptors (Lipinski definition) is 4. The first-order chi connectivity index (χ1) is 12.2. The molecular weight excluding hydrogens is 312 g/mol. The number of carbonyl (C=O) groups is 1. The van der Waals surface area contributed by atoms with Gasteiger partial charge in [0.2, 0.25) is 0 Å². The van der Waals surface area contributed by atoms with Gasteiger partial charge in [-0.25, -0.2) is 4.98 Å². The van der Waals surface area contributed by atoms with E-state index in [4.69, 9.17) is 0 Å². The molecule has 0 radical (unpaired) electrons. The SMILES string of the molecule is Cc1cccc(N2CCN(C(=O)c3cccc(NC4CC4)n3)CC2)c1. The second kappa shape index (κ2) is 6.75. The molecule has 4 rings (SSSR count). The lowest BCUT2D eigenvalue weighted by Crippen LogP contribution is -2.49. The van der Waals surface area contributed by atoms with Crippen LogP contribution >= 0.6 is 0 Å². The Bertz CT molecular complexity index is 764. The number of nitrogens with one attached hydrogen (secondary N) is 1. The molecule has 0 bridgehead atoms. The van der Waals surface area contributed by atoms with Crippen LogP contribution in [-0.4, -0.2) is 48.0 Å². The number of piperazine rings is 1. The maximum absolute atomic E-state index is 12.8. The van der Waals surface area contributed by atoms with Gasteiger partial charge in [-0.1, -0.05) is 18.2 Å². The van der Waals surface area contributed by atoms with Crippen LogP contribution in [0.5, 0.6) is 0 Å². The van der Waals surface area contributed by atoms with Crippen LogP contribution in [0.15, 0.2) is 42.5 Å². The molecule has 2 aliphatic rings. The van der Waals surface area contributed by atoms with Crippen molar-refractivity contribution < 1.29 is 4.79 Å². The van der Waals surface area contributed by atoms with E-state index in [9.17, 15) is 4.79 Å². The molecule has 130 valence electrons. The highest BCUT2D eigenvalue weighted by Gasteiger charge is 2.24. The molecule has 1 saturated carbocycles. The highest BCUT2D eigenvalue weighted by atomic mass is 16.2. The van der Waals surface area contributed by atoms with Crippen LogP contribution in [0.3, 0.4) is 0 Å². The van der Waals surface area contributed by atoms with Crippen LogP contribution in [0.25, 0.3) is 0 Å². The van der Waals surface area contributed by atoms with E-state index < -0.39 is 0 Å². The van der Waals surface area contributed by atoms with Crippen molar-refractivity contribution in [3.8, 4) is 0 Å². The number of pyridine rings is 1. The minimum atomic E-state index is 0.0309. The van der Waals surface area contributed by atoms with Crippen molar-refractivity contribution in [2.75, 3.05) is 36.4 Å². The lowest BCUT2D eigenvalue weighted by atomic mass is 10.2. The molecule has 5 nitrogen and oxygen atoms in total. The minimum absolute atomic E-state index is 0.0309. The quantitative estimate of drug-likeness (QED) is 0.933. The van der Waals surface area contributed by atoms with Crippen molar-refractivity contribution in [1.29, 1.82) is 0 Å². The summed E-state index contributed by atoms with van der Waals surface area (Å²) in [7, 11) is 0. The van der Waals surface area contributed by atoms with Crippen LogP contribution in [0, 0.1) is 6.92 Å². The zero-order chi connectivity index (χ0) is 17.2. The Labute approximate surface area is 148 Å². The summed E-state index contributed by atoms with van der Waals surface area (Å²) in [4.78, 5) is 21.5. The van der Waals surface area contributed by atoms with E-state index in [-0.39, 0.29) is 5.91 Å². The average molecular weight is 336 g/mol. The Morgan fingerprint density at radius 1 is 1.08 bits per heavy atom. The first-order valence-corrected chi connectivity index (χ1v) is 9.03. The normalized spacial score (nSPS) is 17.5. The van der Waals surface area contributed by atoms with Gasteiger partial charge >= 0.3 is 0 Å². The van der Waals surface area contributed by atoms with E-state index in [1.807, 2.05) is 23.1 Å². The van der Waals surface area contributed by atoms with Gasteiger partial charge in [0.05, 0.1) is 0 Å². The number of aryl methyl sites for hydroxylation is 1. The van der Waals surface area contributed by atoms with E-state index in [1.54, 1.807) is 0 Å². The van der Waals surface area contributed by atoms with Crippen LogP contribution in [0.2, 0.25) is 0 Å². The van der Waals surface area contributed by atoms with Crippen molar-refractivity contribution >= 4 is 17.4 Å². The average Bonchev–Trinajstić information content (AvgIpc) is 3.45. The maximum Gasteiger partial charge on any atom is 0.272 e. The predicted octanol–water partition coefficient (Wildman–Crippen LogP) is 2.93. The van der Waals surface area contributed by atoms with E-state index in [0.29, 0.717) is 11.7 Å². The first-order valence-electron chi connectivity index (χ1n) is 9.03. The number of nitrogens with zero attached hydrogens (tertiary/aromatic N) is 3. The highest BCUT2D eigenvalue weighted by Crippen LogP contribution is 2.24. The van der Waals surface area contributed by atoms with Crippen molar-refractivity contribution in [3.63, 3.8) is 0 Å². The van der Waals surface area contributed by atoms with E-state index >= 15 is 0 Å². The number of hydrogen-bond donors (Lipinski definition) is 1. The zero-order valence-corrected chi connectivity index (χ0v) is 14.6. The molecule has 2 heterocycles. The molecule has 0 unspecified atom stereocenters. The number of rotatable bonds is 4. The van der Waals surface area contributed by atoms with Crippen molar-refractivity contribution in [2.24, 2.45) is 0 Å². The summed E-state index contributed by atoms with van der Waals surface area (Å²) in [6, 6.07) is 14.7. The standard InChI is InChI=1S/C20H24N4O/c1-15-4-2-5-17(14-15)23-10-12-24(13-11-23)20(25)18-6-3-7-19(22-18)21-16-8-9-16/h2-7,14,16H,8-13H2,1H3,(H,21,22). The topological polar surface area (TPSA) is 48.5 Å². The number of carbonyl (C=O) groups excluding carboxylic acids is 1. The predicted molar refractivity (Wildman–Crippen MR) is 100 cm³/mol. The Morgan fingerprint density at radius 3 is 2.56 bits per heavy atom. The third-order valence-corrected chi connectivity index (χ3v) is 4.83. The van der Waals surface area contributed by atoms with E-state index in [0.717, 1.165) is 32.0 Å². The summed E-state index contributed by atoms with van der Waals surface area (Å²) >= 11 is 0. The van der Waals surface area contributed by atoms with Crippen molar-refractivity contribution in [3.05, 3.63) is 53.7 Å². The highest BCUT2D eigenvalue weighted by molar-refractivity contribution is 5.92. The second-order valence-corrected chi connectivity index (χ2v) is 6.94. The first kappa shape index (κ1) is 15.9. The fourth-order valence-corrected chi connectivity index (χ4v) is 3.23. The smallest absolute Gasteiger partial charge is 0.272 e. The van der Waals surface area contributed by atoms with Gasteiger partial charge in [0.15, 0.2) is 0 Å². The molecule has 1 aliphatic heterocycles. The van der Waals surface area contributed by atoms with Gasteiger partial charge in [-0.2, -0.15) is 0 Å². The third kappa shape index (κ3) is 3.76. The Morgan fingerprint density at radius 2 is 1.84 bits per heavy atom. The molecule has 5 heteroatoms. The maximum atomic E-state index is 12.8. The number of anilines is 2. The Kier molecular flexibility index (Phi) is 4.30. The molecule has 1 saturated heterocycles. The molecule has 25 heavy (non-hydrogen) atoms. The summed E-state index contributed by atoms with van der Waals surface area (Å²) in [5.74, 6) is 0.843. The van der Waals surface area contributed by atoms with Gasteiger partial charge in [-0.05, 0) is 49.6 Å². The summed E-state index contributed by atoms with van der Waals surface area (Å²) in [5, 5.41) is 3.36. The zero-order valence-electron chi connectivity index (χ0n) is 14.6. The lowest BCUT2D eigenvalue weighted by molar-refractivity contribution is 0.0741. The molecule has 0 atom stereocenters. The van der Waals surface area contributed by atoms with Crippen LogP contribution < -0.4 is 10.2 Å². The molecule has 1 aromatic heterocycles. The molecule has 0 spiro atoms. The molecule has 1 aromatic carbocycles. The fraction of sp³-hybridized carbons (Fsp3) is 0.400. The van der Waals surface area contributed by atoms with Crippen molar-refractivity contribution in [1.82, 2.24) is 9.88 Å². The molecular formula is C20H24N4O. The number of benzene rings is 1. The summed E-state index contributed by atoms with van der Waals surface area (Å²) in [6.07, 6.45) is 2.39.